The number of aliphatic imine (C=N–C) groups is 1. The molecule has 0 fully saturated rings. The minimum atomic E-state index is -3.65. The molecule has 0 saturated heterocycles. The van der Waals surface area contributed by atoms with Gasteiger partial charge in [-0.15, -0.1) is 35.3 Å². The van der Waals surface area contributed by atoms with Crippen molar-refractivity contribution in [1.29, 1.82) is 0 Å². The first-order valence-corrected chi connectivity index (χ1v) is 12.0. The Morgan fingerprint density at radius 1 is 1.20 bits per heavy atom. The summed E-state index contributed by atoms with van der Waals surface area (Å²) in [6, 6.07) is 14.1. The van der Waals surface area contributed by atoms with E-state index in [1.807, 2.05) is 13.0 Å². The molecule has 10 heteroatoms. The molecular weight excluding hydrogens is 533 g/mol. The zero-order chi connectivity index (χ0) is 21.3. The molecular formula is C20H32IN5O2S2. The smallest absolute Gasteiger partial charge is 0.247 e. The molecule has 0 spiro atoms. The standard InChI is InChI=1S/C20H31N5O2S2.HI/c1-4-22-20(24-14-18-10-11-19(28-18)29(21,26)27)23-13-12-16(2)25(3)15-17-8-6-5-7-9-17;/h5-11,16H,4,12-15H2,1-3H3,(H2,21,26,27)(H2,22,23,24);1H. The zero-order valence-corrected chi connectivity index (χ0v) is 21.6. The van der Waals surface area contributed by atoms with Gasteiger partial charge >= 0.3 is 0 Å². The molecule has 168 valence electrons. The van der Waals surface area contributed by atoms with E-state index in [2.05, 4.69) is 58.8 Å². The van der Waals surface area contributed by atoms with Gasteiger partial charge in [-0.1, -0.05) is 30.3 Å². The van der Waals surface area contributed by atoms with Crippen LogP contribution in [0.15, 0.2) is 51.7 Å². The molecule has 0 bridgehead atoms. The quantitative estimate of drug-likeness (QED) is 0.234. The number of sulfonamides is 1. The summed E-state index contributed by atoms with van der Waals surface area (Å²) in [6.07, 6.45) is 0.975. The number of hydrogen-bond donors (Lipinski definition) is 3. The maximum Gasteiger partial charge on any atom is 0.247 e. The van der Waals surface area contributed by atoms with Gasteiger partial charge in [0.1, 0.15) is 4.21 Å². The number of halogens is 1. The van der Waals surface area contributed by atoms with Gasteiger partial charge in [-0.3, -0.25) is 4.90 Å². The lowest BCUT2D eigenvalue weighted by atomic mass is 10.1. The van der Waals surface area contributed by atoms with Gasteiger partial charge in [-0.2, -0.15) is 0 Å². The van der Waals surface area contributed by atoms with Crippen molar-refractivity contribution in [2.75, 3.05) is 20.1 Å². The predicted molar refractivity (Wildman–Crippen MR) is 136 cm³/mol. The molecule has 0 amide bonds. The van der Waals surface area contributed by atoms with Crippen LogP contribution >= 0.6 is 35.3 Å². The van der Waals surface area contributed by atoms with E-state index in [-0.39, 0.29) is 28.2 Å². The first-order chi connectivity index (χ1) is 13.8. The van der Waals surface area contributed by atoms with Gasteiger partial charge < -0.3 is 10.6 Å². The first-order valence-electron chi connectivity index (χ1n) is 9.67. The monoisotopic (exact) mass is 565 g/mol. The summed E-state index contributed by atoms with van der Waals surface area (Å²) in [4.78, 5) is 7.73. The third-order valence-electron chi connectivity index (χ3n) is 4.54. The molecule has 7 nitrogen and oxygen atoms in total. The molecule has 0 aliphatic rings. The molecule has 1 heterocycles. The molecule has 2 aromatic rings. The number of guanidine groups is 1. The second kappa shape index (κ2) is 13.3. The predicted octanol–water partition coefficient (Wildman–Crippen LogP) is 2.98. The van der Waals surface area contributed by atoms with Crippen molar-refractivity contribution in [2.45, 2.75) is 43.6 Å². The minimum absolute atomic E-state index is 0. The van der Waals surface area contributed by atoms with Crippen molar-refractivity contribution in [1.82, 2.24) is 15.5 Å². The van der Waals surface area contributed by atoms with Gasteiger partial charge in [0.05, 0.1) is 6.54 Å². The largest absolute Gasteiger partial charge is 0.357 e. The number of nitrogens with one attached hydrogen (secondary N) is 2. The van der Waals surface area contributed by atoms with Crippen molar-refractivity contribution in [2.24, 2.45) is 10.1 Å². The van der Waals surface area contributed by atoms with Crippen LogP contribution in [0.2, 0.25) is 0 Å². The van der Waals surface area contributed by atoms with E-state index in [9.17, 15) is 8.42 Å². The molecule has 1 unspecified atom stereocenters. The topological polar surface area (TPSA) is 99.8 Å². The summed E-state index contributed by atoms with van der Waals surface area (Å²) < 4.78 is 22.9. The Hall–Kier alpha value is -1.21. The Morgan fingerprint density at radius 3 is 2.50 bits per heavy atom. The summed E-state index contributed by atoms with van der Waals surface area (Å²) in [7, 11) is -1.52. The summed E-state index contributed by atoms with van der Waals surface area (Å²) in [6.45, 7) is 7.09. The van der Waals surface area contributed by atoms with Crippen LogP contribution in [-0.4, -0.2) is 45.5 Å². The third kappa shape index (κ3) is 9.29. The van der Waals surface area contributed by atoms with Gasteiger partial charge in [0.15, 0.2) is 5.96 Å². The summed E-state index contributed by atoms with van der Waals surface area (Å²) in [5.41, 5.74) is 1.31. The average Bonchev–Trinajstić information content (AvgIpc) is 3.16. The first kappa shape index (κ1) is 26.8. The second-order valence-corrected chi connectivity index (χ2v) is 9.88. The van der Waals surface area contributed by atoms with Crippen molar-refractivity contribution in [3.05, 3.63) is 52.9 Å². The molecule has 1 aromatic carbocycles. The van der Waals surface area contributed by atoms with Crippen LogP contribution in [0.4, 0.5) is 0 Å². The molecule has 2 rings (SSSR count). The Morgan fingerprint density at radius 2 is 1.90 bits per heavy atom. The van der Waals surface area contributed by atoms with Crippen LogP contribution < -0.4 is 15.8 Å². The molecule has 0 radical (unpaired) electrons. The summed E-state index contributed by atoms with van der Waals surface area (Å²) >= 11 is 1.15. The third-order valence-corrected chi connectivity index (χ3v) is 7.04. The van der Waals surface area contributed by atoms with Gasteiger partial charge in [0, 0.05) is 30.6 Å². The number of thiophene rings is 1. The molecule has 0 aliphatic heterocycles. The lowest BCUT2D eigenvalue weighted by Gasteiger charge is -2.25. The van der Waals surface area contributed by atoms with Crippen molar-refractivity contribution < 1.29 is 8.42 Å². The highest BCUT2D eigenvalue weighted by molar-refractivity contribution is 14.0. The lowest BCUT2D eigenvalue weighted by Crippen LogP contribution is -2.40. The summed E-state index contributed by atoms with van der Waals surface area (Å²) in [5.74, 6) is 0.718. The van der Waals surface area contributed by atoms with Crippen molar-refractivity contribution in [3.8, 4) is 0 Å². The fraction of sp³-hybridized carbons (Fsp3) is 0.450. The highest BCUT2D eigenvalue weighted by Crippen LogP contribution is 2.20. The van der Waals surface area contributed by atoms with E-state index < -0.39 is 10.0 Å². The van der Waals surface area contributed by atoms with E-state index in [1.165, 1.54) is 11.6 Å². The molecule has 30 heavy (non-hydrogen) atoms. The number of rotatable bonds is 10. The number of benzene rings is 1. The maximum atomic E-state index is 11.4. The number of nitrogens with two attached hydrogens (primary N) is 1. The molecule has 0 aliphatic carbocycles. The highest BCUT2D eigenvalue weighted by atomic mass is 127. The van der Waals surface area contributed by atoms with Crippen LogP contribution in [0.1, 0.15) is 30.7 Å². The summed E-state index contributed by atoms with van der Waals surface area (Å²) in [5, 5.41) is 11.7. The van der Waals surface area contributed by atoms with Crippen molar-refractivity contribution in [3.63, 3.8) is 0 Å². The Labute approximate surface area is 201 Å². The van der Waals surface area contributed by atoms with Gasteiger partial charge in [0.25, 0.3) is 0 Å². The van der Waals surface area contributed by atoms with E-state index >= 15 is 0 Å². The maximum absolute atomic E-state index is 11.4. The molecule has 1 aromatic heterocycles. The Balaban J connectivity index is 0.00000450. The normalized spacial score (nSPS) is 13.0. The average molecular weight is 566 g/mol. The van der Waals surface area contributed by atoms with Gasteiger partial charge in [-0.25, -0.2) is 18.5 Å². The van der Waals surface area contributed by atoms with Crippen LogP contribution in [0.25, 0.3) is 0 Å². The van der Waals surface area contributed by atoms with Gasteiger partial charge in [0.2, 0.25) is 10.0 Å². The van der Waals surface area contributed by atoms with E-state index in [4.69, 9.17) is 5.14 Å². The number of nitrogens with zero attached hydrogens (tertiary/aromatic N) is 2. The van der Waals surface area contributed by atoms with Crippen LogP contribution in [-0.2, 0) is 23.1 Å². The van der Waals surface area contributed by atoms with Crippen LogP contribution in [0, 0.1) is 0 Å². The number of primary sulfonamides is 1. The zero-order valence-electron chi connectivity index (χ0n) is 17.7. The fourth-order valence-electron chi connectivity index (χ4n) is 2.74. The van der Waals surface area contributed by atoms with Crippen LogP contribution in [0.5, 0.6) is 0 Å². The second-order valence-electron chi connectivity index (χ2n) is 6.93. The van der Waals surface area contributed by atoms with Gasteiger partial charge in [-0.05, 0) is 45.0 Å². The Bertz CT molecular complexity index is 888. The molecule has 1 atom stereocenters. The fourth-order valence-corrected chi connectivity index (χ4v) is 4.45. The van der Waals surface area contributed by atoms with E-state index in [0.717, 1.165) is 48.2 Å². The Kier molecular flexibility index (Phi) is 11.9. The van der Waals surface area contributed by atoms with E-state index in [0.29, 0.717) is 12.6 Å². The van der Waals surface area contributed by atoms with Crippen molar-refractivity contribution >= 4 is 51.3 Å². The lowest BCUT2D eigenvalue weighted by molar-refractivity contribution is 0.238. The SMILES string of the molecule is CCNC(=NCc1ccc(S(N)(=O)=O)s1)NCCC(C)N(C)Cc1ccccc1.I. The number of hydrogen-bond acceptors (Lipinski definition) is 5. The van der Waals surface area contributed by atoms with Crippen LogP contribution in [0.3, 0.4) is 0 Å². The highest BCUT2D eigenvalue weighted by Gasteiger charge is 2.12. The minimum Gasteiger partial charge on any atom is -0.357 e. The molecule has 0 saturated carbocycles. The molecule has 4 N–H and O–H groups in total. The van der Waals surface area contributed by atoms with E-state index in [1.54, 1.807) is 6.07 Å².